The lowest BCUT2D eigenvalue weighted by atomic mass is 9.92. The minimum Gasteiger partial charge on any atom is -0.490 e. The third-order valence-electron chi connectivity index (χ3n) is 9.35. The van der Waals surface area contributed by atoms with Crippen molar-refractivity contribution in [1.29, 1.82) is 0 Å². The molecule has 2 aromatic heterocycles. The Bertz CT molecular complexity index is 1900. The van der Waals surface area contributed by atoms with Gasteiger partial charge in [-0.25, -0.2) is 14.2 Å². The summed E-state index contributed by atoms with van der Waals surface area (Å²) in [5, 5.41) is 0. The van der Waals surface area contributed by atoms with Crippen molar-refractivity contribution in [2.45, 2.75) is 91.1 Å². The molecule has 0 spiro atoms. The molecular formula is C42H52FN3O5. The lowest BCUT2D eigenvalue weighted by Crippen LogP contribution is -2.45. The summed E-state index contributed by atoms with van der Waals surface area (Å²) in [6.45, 7) is 23.1. The molecule has 2 atom stereocenters. The van der Waals surface area contributed by atoms with Gasteiger partial charge < -0.3 is 23.8 Å². The Morgan fingerprint density at radius 2 is 1.76 bits per heavy atom. The van der Waals surface area contributed by atoms with E-state index in [1.54, 1.807) is 19.1 Å². The summed E-state index contributed by atoms with van der Waals surface area (Å²) in [4.78, 5) is 20.8. The van der Waals surface area contributed by atoms with Crippen LogP contribution in [0, 0.1) is 19.7 Å². The molecule has 0 radical (unpaired) electrons. The summed E-state index contributed by atoms with van der Waals surface area (Å²) in [7, 11) is 1.39. The molecule has 1 fully saturated rings. The van der Waals surface area contributed by atoms with Gasteiger partial charge in [0.1, 0.15) is 23.0 Å². The molecule has 0 N–H and O–H groups in total. The molecule has 3 heterocycles. The van der Waals surface area contributed by atoms with Crippen molar-refractivity contribution in [3.63, 3.8) is 0 Å². The first-order valence-electron chi connectivity index (χ1n) is 17.6. The van der Waals surface area contributed by atoms with Crippen molar-refractivity contribution >= 4 is 17.4 Å². The lowest BCUT2D eigenvalue weighted by molar-refractivity contribution is -0.164. The van der Waals surface area contributed by atoms with E-state index < -0.39 is 17.7 Å². The second-order valence-corrected chi connectivity index (χ2v) is 14.7. The van der Waals surface area contributed by atoms with Crippen LogP contribution in [0.1, 0.15) is 76.7 Å². The first-order valence-corrected chi connectivity index (χ1v) is 17.6. The van der Waals surface area contributed by atoms with Crippen LogP contribution >= 0.6 is 0 Å². The smallest absolute Gasteiger partial charge is 0.339 e. The molecule has 51 heavy (non-hydrogen) atoms. The Morgan fingerprint density at radius 3 is 2.41 bits per heavy atom. The number of hydrogen-bond donors (Lipinski definition) is 0. The molecule has 0 aliphatic carbocycles. The third kappa shape index (κ3) is 8.54. The summed E-state index contributed by atoms with van der Waals surface area (Å²) < 4.78 is 41.3. The van der Waals surface area contributed by atoms with E-state index >= 15 is 4.39 Å². The number of nitrogens with zero attached hydrogens (tertiary/aromatic N) is 3. The fourth-order valence-corrected chi connectivity index (χ4v) is 6.63. The number of esters is 1. The molecule has 9 heteroatoms. The number of pyridine rings is 1. The highest BCUT2D eigenvalue weighted by Crippen LogP contribution is 2.41. The highest BCUT2D eigenvalue weighted by molar-refractivity contribution is 5.82. The summed E-state index contributed by atoms with van der Waals surface area (Å²) in [6.07, 6.45) is 6.73. The molecule has 0 unspecified atom stereocenters. The number of piperidine rings is 1. The number of aromatic nitrogens is 2. The summed E-state index contributed by atoms with van der Waals surface area (Å²) in [5.41, 5.74) is 4.98. The lowest BCUT2D eigenvalue weighted by Gasteiger charge is -2.41. The quantitative estimate of drug-likeness (QED) is 0.102. The molecule has 2 aromatic carbocycles. The highest BCUT2D eigenvalue weighted by atomic mass is 19.1. The van der Waals surface area contributed by atoms with Gasteiger partial charge >= 0.3 is 5.97 Å². The van der Waals surface area contributed by atoms with Crippen molar-refractivity contribution < 1.29 is 28.1 Å². The minimum atomic E-state index is -0.966. The number of methoxy groups -OCH3 is 1. The van der Waals surface area contributed by atoms with E-state index in [9.17, 15) is 4.79 Å². The van der Waals surface area contributed by atoms with E-state index in [-0.39, 0.29) is 17.5 Å². The van der Waals surface area contributed by atoms with Gasteiger partial charge in [-0.3, -0.25) is 4.40 Å². The fraction of sp³-hybridized carbons (Fsp3) is 0.429. The van der Waals surface area contributed by atoms with Crippen LogP contribution in [0.2, 0.25) is 0 Å². The Morgan fingerprint density at radius 1 is 1.06 bits per heavy atom. The van der Waals surface area contributed by atoms with Crippen molar-refractivity contribution in [3.8, 4) is 28.1 Å². The number of fused-ring (bicyclic) bond motifs is 1. The molecule has 4 aromatic rings. The molecule has 8 nitrogen and oxygen atoms in total. The van der Waals surface area contributed by atoms with Gasteiger partial charge in [0.15, 0.2) is 6.10 Å². The van der Waals surface area contributed by atoms with Crippen molar-refractivity contribution in [2.24, 2.45) is 0 Å². The second-order valence-electron chi connectivity index (χ2n) is 14.7. The van der Waals surface area contributed by atoms with Crippen molar-refractivity contribution in [3.05, 3.63) is 96.5 Å². The number of ether oxygens (including phenoxy) is 4. The van der Waals surface area contributed by atoms with E-state index in [2.05, 4.69) is 29.4 Å². The summed E-state index contributed by atoms with van der Waals surface area (Å²) in [6, 6.07) is 13.2. The first-order chi connectivity index (χ1) is 24.2. The topological polar surface area (TPSA) is 74.5 Å². The molecule has 1 aliphatic rings. The Hall–Kier alpha value is -4.47. The highest BCUT2D eigenvalue weighted by Gasteiger charge is 2.37. The number of carbonyl (C=O) groups excluding carboxylic acids is 1. The van der Waals surface area contributed by atoms with E-state index in [1.165, 1.54) is 13.2 Å². The standard InChI is InChI=1S/C42H52FN3O5/c1-11-14-29(5)50-35-22-27(3)33(43)25-32(35)30-15-13-16-31(24-30)34-26-46-36(44-34)23-28(4)37(38(40(47)48-10)51-41(6,7)8)39(46)45-19-17-42(9,18-20-45)49-21-12-2/h11-13,15-16,22-26,29,38H,1-2,14,17-21H2,3-10H3/t29-,38-/m0/s1. The zero-order chi connectivity index (χ0) is 37.1. The number of anilines is 1. The van der Waals surface area contributed by atoms with Crippen LogP contribution < -0.4 is 9.64 Å². The van der Waals surface area contributed by atoms with Crippen molar-refractivity contribution in [1.82, 2.24) is 9.38 Å². The van der Waals surface area contributed by atoms with Crippen LogP contribution in [0.15, 0.2) is 74.0 Å². The van der Waals surface area contributed by atoms with Gasteiger partial charge in [0.25, 0.3) is 0 Å². The summed E-state index contributed by atoms with van der Waals surface area (Å²) >= 11 is 0. The van der Waals surface area contributed by atoms with Gasteiger partial charge in [0.2, 0.25) is 0 Å². The van der Waals surface area contributed by atoms with Gasteiger partial charge in [-0.1, -0.05) is 30.4 Å². The zero-order valence-electron chi connectivity index (χ0n) is 31.3. The van der Waals surface area contributed by atoms with Crippen LogP contribution in [0.5, 0.6) is 5.75 Å². The maximum Gasteiger partial charge on any atom is 0.339 e. The molecular weight excluding hydrogens is 645 g/mol. The van der Waals surface area contributed by atoms with Gasteiger partial charge in [0.05, 0.1) is 36.7 Å². The third-order valence-corrected chi connectivity index (χ3v) is 9.35. The number of halogens is 1. The van der Waals surface area contributed by atoms with Crippen molar-refractivity contribution in [2.75, 3.05) is 31.7 Å². The normalized spacial score (nSPS) is 15.7. The molecule has 0 saturated carbocycles. The maximum absolute atomic E-state index is 15.0. The number of hydrogen-bond acceptors (Lipinski definition) is 7. The van der Waals surface area contributed by atoms with Crippen LogP contribution in [0.3, 0.4) is 0 Å². The zero-order valence-corrected chi connectivity index (χ0v) is 31.3. The number of carbonyl (C=O) groups is 1. The average molecular weight is 698 g/mol. The predicted octanol–water partition coefficient (Wildman–Crippen LogP) is 9.36. The van der Waals surface area contributed by atoms with Crippen LogP contribution in [0.25, 0.3) is 28.0 Å². The molecule has 1 aliphatic heterocycles. The fourth-order valence-electron chi connectivity index (χ4n) is 6.63. The van der Waals surface area contributed by atoms with Gasteiger partial charge in [-0.15, -0.1) is 13.2 Å². The van der Waals surface area contributed by atoms with Crippen LogP contribution in [-0.2, 0) is 19.0 Å². The first kappa shape index (κ1) is 37.8. The number of imidazole rings is 1. The minimum absolute atomic E-state index is 0.124. The van der Waals surface area contributed by atoms with Gasteiger partial charge in [-0.2, -0.15) is 0 Å². The largest absolute Gasteiger partial charge is 0.490 e. The van der Waals surface area contributed by atoms with Gasteiger partial charge in [0, 0.05) is 42.4 Å². The number of rotatable bonds is 13. The monoisotopic (exact) mass is 697 g/mol. The predicted molar refractivity (Wildman–Crippen MR) is 202 cm³/mol. The van der Waals surface area contributed by atoms with E-state index in [1.807, 2.05) is 77.2 Å². The number of benzene rings is 2. The molecule has 0 bridgehead atoms. The number of aryl methyl sites for hydroxylation is 2. The van der Waals surface area contributed by atoms with Crippen LogP contribution in [-0.4, -0.2) is 59.5 Å². The SMILES string of the molecule is C=CCOC1(C)CCN(c2c([C@H](OC(C)(C)C)C(=O)OC)c(C)cc3nc(-c4cccc(-c5cc(F)c(C)cc5O[C@@H](C)CC=C)c4)cn23)CC1. The molecule has 1 saturated heterocycles. The maximum atomic E-state index is 15.0. The molecule has 5 rings (SSSR count). The van der Waals surface area contributed by atoms with E-state index in [0.717, 1.165) is 52.3 Å². The Balaban J connectivity index is 1.65. The Labute approximate surface area is 301 Å². The van der Waals surface area contributed by atoms with E-state index in [0.29, 0.717) is 43.0 Å². The summed E-state index contributed by atoms with van der Waals surface area (Å²) in [5.74, 6) is 0.672. The van der Waals surface area contributed by atoms with Gasteiger partial charge in [-0.05, 0) is 102 Å². The average Bonchev–Trinajstić information content (AvgIpc) is 3.51. The Kier molecular flexibility index (Phi) is 11.4. The van der Waals surface area contributed by atoms with E-state index in [4.69, 9.17) is 23.9 Å². The molecule has 0 amide bonds. The van der Waals surface area contributed by atoms with Crippen LogP contribution in [0.4, 0.5) is 10.2 Å². The second kappa shape index (κ2) is 15.4. The molecule has 272 valence electrons.